The van der Waals surface area contributed by atoms with Crippen LogP contribution in [0, 0.1) is 0 Å². The zero-order chi connectivity index (χ0) is 16.6. The highest BCUT2D eigenvalue weighted by Crippen LogP contribution is 2.33. The molecule has 5 nitrogen and oxygen atoms in total. The van der Waals surface area contributed by atoms with E-state index in [1.165, 1.54) is 4.57 Å². The van der Waals surface area contributed by atoms with Gasteiger partial charge in [-0.2, -0.15) is 0 Å². The second kappa shape index (κ2) is 3.49. The maximum Gasteiger partial charge on any atom is 0.271 e. The Morgan fingerprint density at radius 3 is 3.14 bits per heavy atom. The number of aryl methyl sites for hydroxylation is 2. The maximum absolute atomic E-state index is 8.10. The Morgan fingerprint density at radius 1 is 1.29 bits per heavy atom. The third-order valence-corrected chi connectivity index (χ3v) is 4.31. The minimum Gasteiger partial charge on any atom is -0.264 e. The molecule has 0 aliphatic carbocycles. The van der Waals surface area contributed by atoms with Gasteiger partial charge < -0.3 is 0 Å². The number of rotatable bonds is 0. The fourth-order valence-electron chi connectivity index (χ4n) is 3.44. The smallest absolute Gasteiger partial charge is 0.264 e. The normalized spacial score (nSPS) is 15.8. The lowest BCUT2D eigenvalue weighted by Gasteiger charge is -1.97. The van der Waals surface area contributed by atoms with Crippen LogP contribution in [0.4, 0.5) is 0 Å². The molecular formula is C16H14N5+. The van der Waals surface area contributed by atoms with E-state index in [9.17, 15) is 0 Å². The summed E-state index contributed by atoms with van der Waals surface area (Å²) >= 11 is 0. The largest absolute Gasteiger partial charge is 0.271 e. The minimum absolute atomic E-state index is 0.613. The number of fused-ring (bicyclic) bond motifs is 7. The Morgan fingerprint density at radius 2 is 2.24 bits per heavy atom. The third-order valence-electron chi connectivity index (χ3n) is 4.31. The lowest BCUT2D eigenvalue weighted by atomic mass is 10.2. The van der Waals surface area contributed by atoms with Gasteiger partial charge in [-0.15, -0.1) is 0 Å². The van der Waals surface area contributed by atoms with Crippen molar-refractivity contribution in [2.24, 2.45) is 14.0 Å². The fourth-order valence-corrected chi connectivity index (χ4v) is 3.44. The quantitative estimate of drug-likeness (QED) is 0.405. The van der Waals surface area contributed by atoms with Crippen LogP contribution in [0.25, 0.3) is 33.6 Å². The highest BCUT2D eigenvalue weighted by molar-refractivity contribution is 6.03. The number of nitrogens with zero attached hydrogens (tertiary/aromatic N) is 5. The molecule has 102 valence electrons. The summed E-state index contributed by atoms with van der Waals surface area (Å²) in [6.45, 7) is -1.67. The molecule has 4 aromatic rings. The molecule has 0 radical (unpaired) electrons. The van der Waals surface area contributed by atoms with Crippen LogP contribution in [0.15, 0.2) is 36.8 Å². The van der Waals surface area contributed by atoms with Crippen molar-refractivity contribution in [1.29, 1.82) is 0 Å². The molecule has 21 heavy (non-hydrogen) atoms. The van der Waals surface area contributed by atoms with E-state index in [1.807, 2.05) is 29.8 Å². The van der Waals surface area contributed by atoms with Gasteiger partial charge in [0.25, 0.3) is 5.65 Å². The molecule has 5 rings (SSSR count). The SMILES string of the molecule is [2H]C([2H])([2H])n1c2[n+](c3c1c1cccnc1n3C)Cc1cnccc1-2. The van der Waals surface area contributed by atoms with E-state index in [0.717, 1.165) is 27.8 Å². The summed E-state index contributed by atoms with van der Waals surface area (Å²) in [6.07, 6.45) is 5.24. The molecule has 4 aromatic heterocycles. The van der Waals surface area contributed by atoms with Crippen LogP contribution in [-0.2, 0) is 20.6 Å². The maximum atomic E-state index is 8.10. The van der Waals surface area contributed by atoms with Crippen molar-refractivity contribution >= 4 is 22.2 Å². The lowest BCUT2D eigenvalue weighted by Crippen LogP contribution is -2.33. The first-order valence-corrected chi connectivity index (χ1v) is 6.80. The fraction of sp³-hybridized carbons (Fsp3) is 0.188. The number of hydrogen-bond donors (Lipinski definition) is 0. The molecule has 0 N–H and O–H groups in total. The van der Waals surface area contributed by atoms with Crippen molar-refractivity contribution in [3.63, 3.8) is 0 Å². The topological polar surface area (TPSA) is 39.5 Å². The van der Waals surface area contributed by atoms with Crippen LogP contribution in [0.1, 0.15) is 9.68 Å². The van der Waals surface area contributed by atoms with Gasteiger partial charge in [-0.25, -0.2) is 14.1 Å². The Bertz CT molecular complexity index is 1140. The minimum atomic E-state index is -2.28. The van der Waals surface area contributed by atoms with E-state index in [-0.39, 0.29) is 0 Å². The summed E-state index contributed by atoms with van der Waals surface area (Å²) in [6, 6.07) is 5.65. The van der Waals surface area contributed by atoms with Gasteiger partial charge >= 0.3 is 0 Å². The van der Waals surface area contributed by atoms with E-state index in [0.29, 0.717) is 17.9 Å². The summed E-state index contributed by atoms with van der Waals surface area (Å²) in [5.41, 5.74) is 4.31. The summed E-state index contributed by atoms with van der Waals surface area (Å²) in [7, 11) is 1.93. The number of hydrogen-bond acceptors (Lipinski definition) is 2. The number of aromatic nitrogens is 5. The first kappa shape index (κ1) is 8.56. The Balaban J connectivity index is 2.05. The van der Waals surface area contributed by atoms with E-state index >= 15 is 0 Å². The summed E-state index contributed by atoms with van der Waals surface area (Å²) in [5, 5.41) is 0.851. The second-order valence-electron chi connectivity index (χ2n) is 5.38. The Hall–Kier alpha value is -2.69. The van der Waals surface area contributed by atoms with Crippen LogP contribution in [-0.4, -0.2) is 19.1 Å². The van der Waals surface area contributed by atoms with Gasteiger partial charge in [0, 0.05) is 24.2 Å². The molecule has 1 aliphatic heterocycles. The molecule has 0 saturated carbocycles. The van der Waals surface area contributed by atoms with E-state index in [1.54, 1.807) is 18.6 Å². The average Bonchev–Trinajstić information content (AvgIpc) is 3.15. The average molecular weight is 279 g/mol. The molecule has 1 aliphatic rings. The summed E-state index contributed by atoms with van der Waals surface area (Å²) in [4.78, 5) is 8.60. The van der Waals surface area contributed by atoms with Crippen LogP contribution in [0.2, 0.25) is 0 Å². The molecule has 0 unspecified atom stereocenters. The number of imidazole rings is 1. The zero-order valence-electron chi connectivity index (χ0n) is 14.4. The summed E-state index contributed by atoms with van der Waals surface area (Å²) in [5.74, 6) is 0.707. The second-order valence-corrected chi connectivity index (χ2v) is 5.38. The molecule has 5 heteroatoms. The van der Waals surface area contributed by atoms with Crippen LogP contribution in [0.3, 0.4) is 0 Å². The Kier molecular flexibility index (Phi) is 1.42. The highest BCUT2D eigenvalue weighted by atomic mass is 15.2. The first-order valence-electron chi connectivity index (χ1n) is 8.30. The van der Waals surface area contributed by atoms with E-state index in [4.69, 9.17) is 4.11 Å². The van der Waals surface area contributed by atoms with Gasteiger partial charge in [0.2, 0.25) is 11.5 Å². The summed E-state index contributed by atoms with van der Waals surface area (Å²) < 4.78 is 29.8. The van der Waals surface area contributed by atoms with Crippen molar-refractivity contribution in [3.05, 3.63) is 42.4 Å². The zero-order valence-corrected chi connectivity index (χ0v) is 11.4. The van der Waals surface area contributed by atoms with Crippen molar-refractivity contribution in [2.45, 2.75) is 6.54 Å². The predicted molar refractivity (Wildman–Crippen MR) is 79.7 cm³/mol. The molecule has 0 saturated heterocycles. The van der Waals surface area contributed by atoms with Gasteiger partial charge in [0.15, 0.2) is 5.52 Å². The van der Waals surface area contributed by atoms with Crippen molar-refractivity contribution < 1.29 is 8.68 Å². The molecule has 0 bridgehead atoms. The monoisotopic (exact) mass is 279 g/mol. The molecule has 0 aromatic carbocycles. The van der Waals surface area contributed by atoms with Gasteiger partial charge in [-0.3, -0.25) is 9.55 Å². The molecule has 0 spiro atoms. The van der Waals surface area contributed by atoms with Crippen LogP contribution >= 0.6 is 0 Å². The molecule has 0 atom stereocenters. The van der Waals surface area contributed by atoms with Gasteiger partial charge in [-0.05, 0) is 18.2 Å². The lowest BCUT2D eigenvalue weighted by molar-refractivity contribution is -0.648. The Labute approximate surface area is 125 Å². The van der Waals surface area contributed by atoms with Gasteiger partial charge in [-0.1, -0.05) is 0 Å². The van der Waals surface area contributed by atoms with Crippen LogP contribution < -0.4 is 4.57 Å². The molecule has 0 fully saturated rings. The van der Waals surface area contributed by atoms with Gasteiger partial charge in [0.05, 0.1) is 35.6 Å². The first-order chi connectivity index (χ1) is 11.5. The number of pyridine rings is 2. The van der Waals surface area contributed by atoms with E-state index in [2.05, 4.69) is 14.5 Å². The predicted octanol–water partition coefficient (Wildman–Crippen LogP) is 1.78. The van der Waals surface area contributed by atoms with E-state index < -0.39 is 6.98 Å². The van der Waals surface area contributed by atoms with Gasteiger partial charge in [0.1, 0.15) is 0 Å². The standard InChI is InChI=1S/C16H14N5/c1-19-13-12-4-3-6-18-14(12)20(2)16(13)21-9-10-8-17-7-5-11(10)15(19)21/h3-8H,9H2,1-2H3/q+1/i1D3. The molecular weight excluding hydrogens is 262 g/mol. The van der Waals surface area contributed by atoms with Crippen molar-refractivity contribution in [1.82, 2.24) is 19.1 Å². The van der Waals surface area contributed by atoms with Crippen molar-refractivity contribution in [2.75, 3.05) is 0 Å². The molecule has 5 heterocycles. The van der Waals surface area contributed by atoms with Crippen LogP contribution in [0.5, 0.6) is 0 Å². The third kappa shape index (κ3) is 1.15. The van der Waals surface area contributed by atoms with Crippen molar-refractivity contribution in [3.8, 4) is 11.4 Å². The molecule has 0 amide bonds. The highest BCUT2D eigenvalue weighted by Gasteiger charge is 2.34.